The van der Waals surface area contributed by atoms with Crippen LogP contribution in [0.4, 0.5) is 0 Å². The molecule has 0 radical (unpaired) electrons. The Hall–Kier alpha value is -3.69. The van der Waals surface area contributed by atoms with Gasteiger partial charge in [-0.05, 0) is 41.8 Å². The summed E-state index contributed by atoms with van der Waals surface area (Å²) in [5.41, 5.74) is 1.76. The minimum atomic E-state index is -3.96. The number of likely N-dealkylation sites (N-methyl/N-ethyl adjacent to an activating group) is 1. The lowest BCUT2D eigenvalue weighted by molar-refractivity contribution is -0.141. The molecular weight excluding hydrogens is 526 g/mol. The Morgan fingerprint density at radius 2 is 1.66 bits per heavy atom. The van der Waals surface area contributed by atoms with Gasteiger partial charge in [0.15, 0.2) is 0 Å². The number of amides is 3. The fraction of sp³-hybridized carbons (Fsp3) is 0.250. The van der Waals surface area contributed by atoms with Crippen molar-refractivity contribution in [1.82, 2.24) is 14.5 Å². The van der Waals surface area contributed by atoms with Gasteiger partial charge >= 0.3 is 0 Å². The number of carbonyl (C=O) groups excluding carboxylic acids is 3. The average Bonchev–Trinajstić information content (AvgIpc) is 3.11. The molecular formula is C28H28ClN3O5S. The van der Waals surface area contributed by atoms with E-state index in [0.717, 1.165) is 15.4 Å². The van der Waals surface area contributed by atoms with Gasteiger partial charge in [0.25, 0.3) is 15.9 Å². The van der Waals surface area contributed by atoms with E-state index in [1.54, 1.807) is 30.3 Å². The molecule has 1 aliphatic heterocycles. The number of sulfonamides is 1. The number of rotatable bonds is 10. The summed E-state index contributed by atoms with van der Waals surface area (Å²) in [5.74, 6) is -1.26. The van der Waals surface area contributed by atoms with E-state index in [1.165, 1.54) is 24.1 Å². The van der Waals surface area contributed by atoms with Crippen LogP contribution in [-0.2, 0) is 32.6 Å². The molecule has 10 heteroatoms. The number of fused-ring (bicyclic) bond motifs is 1. The zero-order valence-electron chi connectivity index (χ0n) is 20.8. The van der Waals surface area contributed by atoms with Gasteiger partial charge in [0.05, 0.1) is 5.56 Å². The zero-order chi connectivity index (χ0) is 27.3. The van der Waals surface area contributed by atoms with Gasteiger partial charge in [-0.2, -0.15) is 0 Å². The molecule has 1 N–H and O–H groups in total. The Balaban J connectivity index is 1.54. The van der Waals surface area contributed by atoms with E-state index in [2.05, 4.69) is 5.32 Å². The molecule has 1 aliphatic rings. The summed E-state index contributed by atoms with van der Waals surface area (Å²) in [6, 6.07) is 21.7. The molecule has 0 unspecified atom stereocenters. The average molecular weight is 554 g/mol. The maximum absolute atomic E-state index is 13.6. The second-order valence-corrected chi connectivity index (χ2v) is 11.2. The van der Waals surface area contributed by atoms with Crippen LogP contribution < -0.4 is 5.32 Å². The van der Waals surface area contributed by atoms with Gasteiger partial charge < -0.3 is 10.2 Å². The Labute approximate surface area is 227 Å². The van der Waals surface area contributed by atoms with Crippen molar-refractivity contribution in [3.05, 3.63) is 101 Å². The molecule has 198 valence electrons. The fourth-order valence-corrected chi connectivity index (χ4v) is 6.34. The first kappa shape index (κ1) is 27.3. The number of halogens is 1. The van der Waals surface area contributed by atoms with Crippen molar-refractivity contribution in [2.45, 2.75) is 36.7 Å². The summed E-state index contributed by atoms with van der Waals surface area (Å²) in [6.45, 7) is -0.00733. The maximum atomic E-state index is 13.6. The van der Waals surface area contributed by atoms with Gasteiger partial charge in [-0.1, -0.05) is 66.2 Å². The first-order valence-electron chi connectivity index (χ1n) is 12.2. The van der Waals surface area contributed by atoms with E-state index in [0.29, 0.717) is 11.4 Å². The lowest BCUT2D eigenvalue weighted by atomic mass is 10.0. The fourth-order valence-electron chi connectivity index (χ4n) is 4.52. The highest BCUT2D eigenvalue weighted by atomic mass is 35.5. The van der Waals surface area contributed by atoms with Gasteiger partial charge in [0.2, 0.25) is 11.8 Å². The van der Waals surface area contributed by atoms with Crippen LogP contribution in [0.5, 0.6) is 0 Å². The molecule has 1 atom stereocenters. The third kappa shape index (κ3) is 5.89. The summed E-state index contributed by atoms with van der Waals surface area (Å²) in [6.07, 6.45) is 0.343. The first-order valence-corrected chi connectivity index (χ1v) is 14.0. The zero-order valence-corrected chi connectivity index (χ0v) is 22.4. The van der Waals surface area contributed by atoms with Crippen molar-refractivity contribution in [2.24, 2.45) is 0 Å². The molecule has 8 nitrogen and oxygen atoms in total. The van der Waals surface area contributed by atoms with Crippen molar-refractivity contribution in [2.75, 3.05) is 13.6 Å². The minimum Gasteiger partial charge on any atom is -0.357 e. The molecule has 0 saturated carbocycles. The number of nitrogens with one attached hydrogen (secondary N) is 1. The molecule has 0 aromatic heterocycles. The van der Waals surface area contributed by atoms with Crippen LogP contribution >= 0.6 is 11.6 Å². The van der Waals surface area contributed by atoms with Crippen LogP contribution in [0.25, 0.3) is 0 Å². The van der Waals surface area contributed by atoms with E-state index in [1.807, 2.05) is 36.4 Å². The van der Waals surface area contributed by atoms with Crippen molar-refractivity contribution in [3.63, 3.8) is 0 Å². The number of hydrogen-bond acceptors (Lipinski definition) is 5. The molecule has 1 heterocycles. The smallest absolute Gasteiger partial charge is 0.269 e. The lowest BCUT2D eigenvalue weighted by Crippen LogP contribution is -2.49. The predicted molar refractivity (Wildman–Crippen MR) is 144 cm³/mol. The van der Waals surface area contributed by atoms with Gasteiger partial charge in [0.1, 0.15) is 10.9 Å². The van der Waals surface area contributed by atoms with Crippen molar-refractivity contribution >= 4 is 39.3 Å². The van der Waals surface area contributed by atoms with E-state index >= 15 is 0 Å². The second kappa shape index (κ2) is 11.8. The molecule has 0 bridgehead atoms. The molecule has 3 aromatic carbocycles. The molecule has 4 rings (SSSR count). The van der Waals surface area contributed by atoms with Crippen LogP contribution in [0.3, 0.4) is 0 Å². The van der Waals surface area contributed by atoms with Crippen LogP contribution in [0.2, 0.25) is 5.02 Å². The summed E-state index contributed by atoms with van der Waals surface area (Å²) in [5, 5.41) is 3.16. The van der Waals surface area contributed by atoms with Crippen molar-refractivity contribution in [3.8, 4) is 0 Å². The van der Waals surface area contributed by atoms with Crippen LogP contribution in [0.15, 0.2) is 83.8 Å². The quantitative estimate of drug-likeness (QED) is 0.413. The van der Waals surface area contributed by atoms with Gasteiger partial charge in [0, 0.05) is 38.0 Å². The number of carbonyl (C=O) groups is 3. The minimum absolute atomic E-state index is 0.0264. The number of benzene rings is 3. The van der Waals surface area contributed by atoms with Gasteiger partial charge in [-0.25, -0.2) is 12.7 Å². The third-order valence-corrected chi connectivity index (χ3v) is 8.50. The normalized spacial score (nSPS) is 14.6. The lowest BCUT2D eigenvalue weighted by Gasteiger charge is -2.31. The highest BCUT2D eigenvalue weighted by molar-refractivity contribution is 7.90. The van der Waals surface area contributed by atoms with Crippen LogP contribution in [-0.4, -0.2) is 55.0 Å². The highest BCUT2D eigenvalue weighted by Gasteiger charge is 2.40. The molecule has 0 saturated heterocycles. The monoisotopic (exact) mass is 553 g/mol. The van der Waals surface area contributed by atoms with Crippen LogP contribution in [0, 0.1) is 0 Å². The van der Waals surface area contributed by atoms with Gasteiger partial charge in [-0.15, -0.1) is 0 Å². The number of hydrogen-bond donors (Lipinski definition) is 1. The van der Waals surface area contributed by atoms with Crippen molar-refractivity contribution in [1.29, 1.82) is 0 Å². The van der Waals surface area contributed by atoms with Crippen LogP contribution in [0.1, 0.15) is 34.3 Å². The molecule has 0 aliphatic carbocycles. The van der Waals surface area contributed by atoms with E-state index in [9.17, 15) is 22.8 Å². The van der Waals surface area contributed by atoms with Gasteiger partial charge in [-0.3, -0.25) is 14.4 Å². The molecule has 3 amide bonds. The Morgan fingerprint density at radius 3 is 2.34 bits per heavy atom. The largest absolute Gasteiger partial charge is 0.357 e. The summed E-state index contributed by atoms with van der Waals surface area (Å²) in [7, 11) is -2.44. The Morgan fingerprint density at radius 1 is 0.974 bits per heavy atom. The predicted octanol–water partition coefficient (Wildman–Crippen LogP) is 3.65. The van der Waals surface area contributed by atoms with E-state index in [4.69, 9.17) is 11.6 Å². The highest BCUT2D eigenvalue weighted by Crippen LogP contribution is 2.30. The third-order valence-electron chi connectivity index (χ3n) is 6.42. The second-order valence-electron chi connectivity index (χ2n) is 8.95. The van der Waals surface area contributed by atoms with Crippen molar-refractivity contribution < 1.29 is 22.8 Å². The molecule has 0 spiro atoms. The first-order chi connectivity index (χ1) is 18.2. The van der Waals surface area contributed by atoms with E-state index < -0.39 is 22.0 Å². The van der Waals surface area contributed by atoms with E-state index in [-0.39, 0.29) is 48.2 Å². The molecule has 3 aromatic rings. The summed E-state index contributed by atoms with van der Waals surface area (Å²) >= 11 is 6.17. The summed E-state index contributed by atoms with van der Waals surface area (Å²) < 4.78 is 26.5. The Kier molecular flexibility index (Phi) is 8.48. The molecule has 0 fully saturated rings. The summed E-state index contributed by atoms with van der Waals surface area (Å²) in [4.78, 5) is 40.8. The number of nitrogens with zero attached hydrogens (tertiary/aromatic N) is 2. The SMILES string of the molecule is CNC(=O)[C@H](Cc1ccccc1)N(Cc1cccc(Cl)c1)C(=O)CCCN1C(=O)c2ccccc2S1(=O)=O. The topological polar surface area (TPSA) is 104 Å². The Bertz CT molecular complexity index is 1450. The standard InChI is InChI=1S/C28H28ClN3O5S/c1-30-27(34)24(18-20-9-3-2-4-10-20)31(19-21-11-7-12-22(29)17-21)26(33)15-8-16-32-28(35)23-13-5-6-14-25(23)38(32,36)37/h2-7,9-14,17,24H,8,15-16,18-19H2,1H3,(H,30,34)/t24-/m0/s1. The maximum Gasteiger partial charge on any atom is 0.269 e. The molecule has 38 heavy (non-hydrogen) atoms.